The molecule has 0 saturated heterocycles. The molecule has 6 heteroatoms. The molecule has 0 fully saturated rings. The van der Waals surface area contributed by atoms with Gasteiger partial charge in [-0.25, -0.2) is 0 Å². The molecule has 136 valence electrons. The molecule has 1 amide bonds. The first-order valence-corrected chi connectivity index (χ1v) is 8.71. The predicted molar refractivity (Wildman–Crippen MR) is 97.9 cm³/mol. The number of benzene rings is 2. The summed E-state index contributed by atoms with van der Waals surface area (Å²) in [5.74, 6) is 1.79. The minimum atomic E-state index is -0.0693. The Kier molecular flexibility index (Phi) is 4.42. The fourth-order valence-corrected chi connectivity index (χ4v) is 3.60. The van der Waals surface area contributed by atoms with Crippen molar-refractivity contribution in [2.45, 2.75) is 19.4 Å². The fraction of sp³-hybridized carbons (Fsp3) is 0.350. The Morgan fingerprint density at radius 3 is 2.73 bits per heavy atom. The highest BCUT2D eigenvalue weighted by molar-refractivity contribution is 5.96. The maximum Gasteiger partial charge on any atom is 0.231 e. The normalized spacial score (nSPS) is 15.5. The lowest BCUT2D eigenvalue weighted by Gasteiger charge is -2.29. The van der Waals surface area contributed by atoms with E-state index < -0.39 is 0 Å². The standard InChI is InChI=1S/C20H22N2O4/c1-22-9-8-14-15(11-22)18(24-2)20-19(25-12-26-20)17(14)21-16(23)10-13-6-4-3-5-7-13/h3-7H,8-12H2,1-2H3,(H,21,23). The molecule has 0 atom stereocenters. The summed E-state index contributed by atoms with van der Waals surface area (Å²) in [5, 5.41) is 3.07. The van der Waals surface area contributed by atoms with Crippen LogP contribution in [0.3, 0.4) is 0 Å². The second kappa shape index (κ2) is 6.88. The number of carbonyl (C=O) groups excluding carboxylic acids is 1. The van der Waals surface area contributed by atoms with Gasteiger partial charge in [0.15, 0.2) is 11.5 Å². The summed E-state index contributed by atoms with van der Waals surface area (Å²) in [4.78, 5) is 14.9. The highest BCUT2D eigenvalue weighted by Crippen LogP contribution is 2.52. The largest absolute Gasteiger partial charge is 0.492 e. The molecular formula is C20H22N2O4. The molecular weight excluding hydrogens is 332 g/mol. The van der Waals surface area contributed by atoms with Crippen LogP contribution < -0.4 is 19.5 Å². The van der Waals surface area contributed by atoms with Crippen LogP contribution in [-0.4, -0.2) is 38.3 Å². The summed E-state index contributed by atoms with van der Waals surface area (Å²) in [5.41, 5.74) is 3.83. The van der Waals surface area contributed by atoms with Crippen molar-refractivity contribution < 1.29 is 19.0 Å². The number of nitrogens with zero attached hydrogens (tertiary/aromatic N) is 1. The molecule has 2 aromatic rings. The second-order valence-electron chi connectivity index (χ2n) is 6.63. The Labute approximate surface area is 152 Å². The third-order valence-corrected chi connectivity index (χ3v) is 4.83. The first-order valence-electron chi connectivity index (χ1n) is 8.71. The Morgan fingerprint density at radius 2 is 1.96 bits per heavy atom. The third-order valence-electron chi connectivity index (χ3n) is 4.83. The number of carbonyl (C=O) groups is 1. The van der Waals surface area contributed by atoms with Crippen LogP contribution >= 0.6 is 0 Å². The lowest BCUT2D eigenvalue weighted by Crippen LogP contribution is -2.28. The van der Waals surface area contributed by atoms with Crippen LogP contribution in [0, 0.1) is 0 Å². The Hall–Kier alpha value is -2.73. The van der Waals surface area contributed by atoms with Crippen LogP contribution in [0.25, 0.3) is 0 Å². The zero-order valence-corrected chi connectivity index (χ0v) is 15.0. The van der Waals surface area contributed by atoms with Crippen molar-refractivity contribution in [2.24, 2.45) is 0 Å². The number of likely N-dealkylation sites (N-methyl/N-ethyl adjacent to an activating group) is 1. The Balaban J connectivity index is 1.70. The van der Waals surface area contributed by atoms with Crippen LogP contribution in [0.4, 0.5) is 5.69 Å². The molecule has 0 aliphatic carbocycles. The van der Waals surface area contributed by atoms with Gasteiger partial charge in [-0.15, -0.1) is 0 Å². The smallest absolute Gasteiger partial charge is 0.231 e. The topological polar surface area (TPSA) is 60.0 Å². The van der Waals surface area contributed by atoms with E-state index in [1.54, 1.807) is 7.11 Å². The number of methoxy groups -OCH3 is 1. The summed E-state index contributed by atoms with van der Waals surface area (Å²) in [6, 6.07) is 9.70. The minimum Gasteiger partial charge on any atom is -0.492 e. The van der Waals surface area contributed by atoms with Crippen LogP contribution in [0.1, 0.15) is 16.7 Å². The van der Waals surface area contributed by atoms with Crippen molar-refractivity contribution in [1.29, 1.82) is 0 Å². The van der Waals surface area contributed by atoms with E-state index >= 15 is 0 Å². The van der Waals surface area contributed by atoms with Gasteiger partial charge in [0.25, 0.3) is 0 Å². The average Bonchev–Trinajstić information content (AvgIpc) is 3.12. The lowest BCUT2D eigenvalue weighted by atomic mass is 9.95. The third kappa shape index (κ3) is 2.97. The van der Waals surface area contributed by atoms with Gasteiger partial charge in [0.1, 0.15) is 0 Å². The van der Waals surface area contributed by atoms with Crippen molar-refractivity contribution >= 4 is 11.6 Å². The number of anilines is 1. The average molecular weight is 354 g/mol. The highest BCUT2D eigenvalue weighted by Gasteiger charge is 2.33. The molecule has 2 aromatic carbocycles. The van der Waals surface area contributed by atoms with E-state index in [0.717, 1.165) is 41.9 Å². The fourth-order valence-electron chi connectivity index (χ4n) is 3.60. The summed E-state index contributed by atoms with van der Waals surface area (Å²) in [6.07, 6.45) is 1.14. The van der Waals surface area contributed by atoms with Gasteiger partial charge in [-0.2, -0.15) is 0 Å². The molecule has 2 aliphatic rings. The number of ether oxygens (including phenoxy) is 3. The van der Waals surface area contributed by atoms with Crippen LogP contribution in [0.15, 0.2) is 30.3 Å². The number of fused-ring (bicyclic) bond motifs is 2. The number of amides is 1. The van der Waals surface area contributed by atoms with Crippen molar-refractivity contribution in [2.75, 3.05) is 32.8 Å². The van der Waals surface area contributed by atoms with E-state index in [0.29, 0.717) is 23.7 Å². The number of nitrogens with one attached hydrogen (secondary N) is 1. The maximum absolute atomic E-state index is 12.6. The molecule has 0 bridgehead atoms. The first-order chi connectivity index (χ1) is 12.7. The Morgan fingerprint density at radius 1 is 1.19 bits per heavy atom. The summed E-state index contributed by atoms with van der Waals surface area (Å²) < 4.78 is 16.9. The predicted octanol–water partition coefficient (Wildman–Crippen LogP) is 2.59. The molecule has 6 nitrogen and oxygen atoms in total. The Bertz CT molecular complexity index is 836. The lowest BCUT2D eigenvalue weighted by molar-refractivity contribution is -0.115. The van der Waals surface area contributed by atoms with Crippen LogP contribution in [0.2, 0.25) is 0 Å². The van der Waals surface area contributed by atoms with Crippen LogP contribution in [0.5, 0.6) is 17.2 Å². The monoisotopic (exact) mass is 354 g/mol. The number of hydrogen-bond acceptors (Lipinski definition) is 5. The van der Waals surface area contributed by atoms with E-state index in [1.165, 1.54) is 0 Å². The van der Waals surface area contributed by atoms with E-state index in [2.05, 4.69) is 17.3 Å². The van der Waals surface area contributed by atoms with Gasteiger partial charge in [0, 0.05) is 18.7 Å². The quantitative estimate of drug-likeness (QED) is 0.915. The molecule has 0 spiro atoms. The summed E-state index contributed by atoms with van der Waals surface area (Å²) in [7, 11) is 3.71. The zero-order chi connectivity index (χ0) is 18.1. The van der Waals surface area contributed by atoms with Gasteiger partial charge >= 0.3 is 0 Å². The van der Waals surface area contributed by atoms with E-state index in [9.17, 15) is 4.79 Å². The number of hydrogen-bond donors (Lipinski definition) is 1. The van der Waals surface area contributed by atoms with E-state index in [-0.39, 0.29) is 12.7 Å². The van der Waals surface area contributed by atoms with Crippen molar-refractivity contribution in [3.05, 3.63) is 47.0 Å². The zero-order valence-electron chi connectivity index (χ0n) is 15.0. The van der Waals surface area contributed by atoms with Crippen molar-refractivity contribution in [3.8, 4) is 17.2 Å². The molecule has 1 N–H and O–H groups in total. The molecule has 26 heavy (non-hydrogen) atoms. The summed E-state index contributed by atoms with van der Waals surface area (Å²) in [6.45, 7) is 1.79. The number of rotatable bonds is 4. The molecule has 0 radical (unpaired) electrons. The highest BCUT2D eigenvalue weighted by atomic mass is 16.7. The molecule has 2 aliphatic heterocycles. The maximum atomic E-state index is 12.6. The van der Waals surface area contributed by atoms with Gasteiger partial charge in [0.05, 0.1) is 19.2 Å². The minimum absolute atomic E-state index is 0.0693. The van der Waals surface area contributed by atoms with Gasteiger partial charge in [-0.05, 0) is 24.6 Å². The molecule has 0 aromatic heterocycles. The van der Waals surface area contributed by atoms with Gasteiger partial charge in [0.2, 0.25) is 18.4 Å². The second-order valence-corrected chi connectivity index (χ2v) is 6.63. The van der Waals surface area contributed by atoms with Crippen molar-refractivity contribution in [1.82, 2.24) is 4.90 Å². The van der Waals surface area contributed by atoms with E-state index in [4.69, 9.17) is 14.2 Å². The first kappa shape index (κ1) is 16.7. The van der Waals surface area contributed by atoms with Crippen LogP contribution in [-0.2, 0) is 24.2 Å². The molecule has 4 rings (SSSR count). The van der Waals surface area contributed by atoms with Gasteiger partial charge < -0.3 is 24.4 Å². The molecule has 2 heterocycles. The van der Waals surface area contributed by atoms with Crippen molar-refractivity contribution in [3.63, 3.8) is 0 Å². The SMILES string of the molecule is COc1c2c(c(NC(=O)Cc3ccccc3)c3c1OCO3)CCN(C)C2. The molecule has 0 unspecified atom stereocenters. The molecule has 0 saturated carbocycles. The van der Waals surface area contributed by atoms with E-state index in [1.807, 2.05) is 30.3 Å². The van der Waals surface area contributed by atoms with Gasteiger partial charge in [-0.1, -0.05) is 30.3 Å². The van der Waals surface area contributed by atoms with Gasteiger partial charge in [-0.3, -0.25) is 4.79 Å². The summed E-state index contributed by atoms with van der Waals surface area (Å²) >= 11 is 0.